The largest absolute Gasteiger partial charge is 0.481 e. The van der Waals surface area contributed by atoms with Crippen LogP contribution in [0, 0.1) is 17.8 Å². The van der Waals surface area contributed by atoms with Gasteiger partial charge in [-0.25, -0.2) is 0 Å². The van der Waals surface area contributed by atoms with Crippen molar-refractivity contribution in [3.8, 4) is 0 Å². The first-order valence-corrected chi connectivity index (χ1v) is 5.68. The van der Waals surface area contributed by atoms with Gasteiger partial charge in [0.15, 0.2) is 5.78 Å². The summed E-state index contributed by atoms with van der Waals surface area (Å²) in [5.41, 5.74) is 0. The maximum absolute atomic E-state index is 11.5. The number of hydrogen-bond acceptors (Lipinski definition) is 3. The van der Waals surface area contributed by atoms with Crippen molar-refractivity contribution in [2.24, 2.45) is 17.8 Å². The number of carboxylic acid groups (broad SMARTS) is 1. The number of aliphatic hydroxyl groups excluding tert-OH is 1. The Balaban J connectivity index is 4.54. The van der Waals surface area contributed by atoms with Gasteiger partial charge in [0.25, 0.3) is 0 Å². The first-order valence-electron chi connectivity index (χ1n) is 5.68. The SMILES string of the molecule is CC(C)CC(C(C)C)C(O)C(=O)CC(=O)O. The van der Waals surface area contributed by atoms with Crippen molar-refractivity contribution in [3.63, 3.8) is 0 Å². The van der Waals surface area contributed by atoms with Gasteiger partial charge in [0.2, 0.25) is 0 Å². The fourth-order valence-corrected chi connectivity index (χ4v) is 1.80. The molecule has 0 spiro atoms. The summed E-state index contributed by atoms with van der Waals surface area (Å²) in [4.78, 5) is 21.8. The Bertz CT molecular complexity index is 245. The number of Topliss-reactive ketones (excluding diaryl/α,β-unsaturated/α-hetero) is 1. The van der Waals surface area contributed by atoms with E-state index in [1.54, 1.807) is 0 Å². The fraction of sp³-hybridized carbons (Fsp3) is 0.833. The van der Waals surface area contributed by atoms with Crippen LogP contribution in [0.5, 0.6) is 0 Å². The van der Waals surface area contributed by atoms with Gasteiger partial charge in [0, 0.05) is 0 Å². The molecular weight excluding hydrogens is 208 g/mol. The second-order valence-corrected chi connectivity index (χ2v) is 5.02. The lowest BCUT2D eigenvalue weighted by Gasteiger charge is -2.26. The first-order chi connectivity index (χ1) is 7.25. The van der Waals surface area contributed by atoms with Gasteiger partial charge in [-0.3, -0.25) is 9.59 Å². The second-order valence-electron chi connectivity index (χ2n) is 5.02. The van der Waals surface area contributed by atoms with Gasteiger partial charge >= 0.3 is 5.97 Å². The highest BCUT2D eigenvalue weighted by atomic mass is 16.4. The highest BCUT2D eigenvalue weighted by molar-refractivity contribution is 5.97. The lowest BCUT2D eigenvalue weighted by Crippen LogP contribution is -2.34. The molecule has 4 heteroatoms. The summed E-state index contributed by atoms with van der Waals surface area (Å²) in [6.07, 6.45) is -1.02. The van der Waals surface area contributed by atoms with E-state index < -0.39 is 24.3 Å². The third kappa shape index (κ3) is 5.26. The number of rotatable bonds is 7. The summed E-state index contributed by atoms with van der Waals surface area (Å²) >= 11 is 0. The Morgan fingerprint density at radius 3 is 1.94 bits per heavy atom. The molecule has 0 bridgehead atoms. The van der Waals surface area contributed by atoms with Crippen LogP contribution in [0.2, 0.25) is 0 Å². The second kappa shape index (κ2) is 6.63. The summed E-state index contributed by atoms with van der Waals surface area (Å²) in [5, 5.41) is 18.3. The number of aliphatic carboxylic acids is 1. The van der Waals surface area contributed by atoms with E-state index in [9.17, 15) is 14.7 Å². The van der Waals surface area contributed by atoms with Gasteiger partial charge in [0.1, 0.15) is 12.5 Å². The molecular formula is C12H22O4. The van der Waals surface area contributed by atoms with Crippen molar-refractivity contribution < 1.29 is 19.8 Å². The Hall–Kier alpha value is -0.900. The fourth-order valence-electron chi connectivity index (χ4n) is 1.80. The minimum atomic E-state index is -1.18. The van der Waals surface area contributed by atoms with Crippen LogP contribution in [-0.2, 0) is 9.59 Å². The zero-order valence-corrected chi connectivity index (χ0v) is 10.4. The molecule has 94 valence electrons. The molecule has 0 fully saturated rings. The van der Waals surface area contributed by atoms with Crippen molar-refractivity contribution in [3.05, 3.63) is 0 Å². The van der Waals surface area contributed by atoms with Crippen molar-refractivity contribution >= 4 is 11.8 Å². The molecule has 0 heterocycles. The molecule has 0 aromatic rings. The molecule has 0 amide bonds. The summed E-state index contributed by atoms with van der Waals surface area (Å²) in [7, 11) is 0. The number of carbonyl (C=O) groups is 2. The zero-order valence-electron chi connectivity index (χ0n) is 10.4. The quantitative estimate of drug-likeness (QED) is 0.653. The van der Waals surface area contributed by atoms with E-state index in [-0.39, 0.29) is 11.8 Å². The van der Waals surface area contributed by atoms with Crippen molar-refractivity contribution in [2.45, 2.75) is 46.6 Å². The maximum Gasteiger partial charge on any atom is 0.310 e. The highest BCUT2D eigenvalue weighted by Crippen LogP contribution is 2.24. The molecule has 0 aliphatic heterocycles. The summed E-state index contributed by atoms with van der Waals surface area (Å²) in [5.74, 6) is -1.40. The molecule has 2 unspecified atom stereocenters. The van der Waals surface area contributed by atoms with Gasteiger partial charge in [-0.2, -0.15) is 0 Å². The molecule has 4 nitrogen and oxygen atoms in total. The number of carboxylic acids is 1. The van der Waals surface area contributed by atoms with Crippen LogP contribution < -0.4 is 0 Å². The predicted molar refractivity (Wildman–Crippen MR) is 61.0 cm³/mol. The number of ketones is 1. The van der Waals surface area contributed by atoms with E-state index in [0.29, 0.717) is 5.92 Å². The van der Waals surface area contributed by atoms with Gasteiger partial charge in [-0.1, -0.05) is 27.7 Å². The Morgan fingerprint density at radius 2 is 1.62 bits per heavy atom. The molecule has 0 aromatic heterocycles. The average Bonchev–Trinajstić information content (AvgIpc) is 2.11. The Kier molecular flexibility index (Phi) is 6.26. The Labute approximate surface area is 96.7 Å². The van der Waals surface area contributed by atoms with Crippen molar-refractivity contribution in [1.29, 1.82) is 0 Å². The van der Waals surface area contributed by atoms with Crippen LogP contribution in [0.25, 0.3) is 0 Å². The molecule has 16 heavy (non-hydrogen) atoms. The van der Waals surface area contributed by atoms with E-state index in [1.807, 2.05) is 27.7 Å². The molecule has 0 saturated carbocycles. The average molecular weight is 230 g/mol. The first kappa shape index (κ1) is 15.1. The van der Waals surface area contributed by atoms with E-state index in [4.69, 9.17) is 5.11 Å². The van der Waals surface area contributed by atoms with Crippen LogP contribution >= 0.6 is 0 Å². The highest BCUT2D eigenvalue weighted by Gasteiger charge is 2.29. The van der Waals surface area contributed by atoms with Crippen molar-refractivity contribution in [2.75, 3.05) is 0 Å². The monoisotopic (exact) mass is 230 g/mol. The Morgan fingerprint density at radius 1 is 1.12 bits per heavy atom. The molecule has 0 rings (SSSR count). The number of carbonyl (C=O) groups excluding carboxylic acids is 1. The molecule has 0 aromatic carbocycles. The summed E-state index contributed by atoms with van der Waals surface area (Å²) in [6.45, 7) is 7.90. The lowest BCUT2D eigenvalue weighted by atomic mass is 9.81. The minimum absolute atomic E-state index is 0.160. The van der Waals surface area contributed by atoms with Crippen LogP contribution in [-0.4, -0.2) is 28.1 Å². The van der Waals surface area contributed by atoms with E-state index in [1.165, 1.54) is 0 Å². The molecule has 0 aliphatic carbocycles. The molecule has 2 N–H and O–H groups in total. The smallest absolute Gasteiger partial charge is 0.310 e. The molecule has 2 atom stereocenters. The standard InChI is InChI=1S/C12H22O4/c1-7(2)5-9(8(3)4)12(16)10(13)6-11(14)15/h7-9,12,16H,5-6H2,1-4H3,(H,14,15). The summed E-state index contributed by atoms with van der Waals surface area (Å²) < 4.78 is 0. The maximum atomic E-state index is 11.5. The topological polar surface area (TPSA) is 74.6 Å². The van der Waals surface area contributed by atoms with Gasteiger partial charge in [-0.15, -0.1) is 0 Å². The third-order valence-corrected chi connectivity index (χ3v) is 2.66. The van der Waals surface area contributed by atoms with Crippen LogP contribution in [0.1, 0.15) is 40.5 Å². The predicted octanol–water partition coefficient (Wildman–Crippen LogP) is 1.71. The lowest BCUT2D eigenvalue weighted by molar-refractivity contribution is -0.144. The number of aliphatic hydroxyl groups is 1. The van der Waals surface area contributed by atoms with Crippen LogP contribution in [0.4, 0.5) is 0 Å². The van der Waals surface area contributed by atoms with Crippen LogP contribution in [0.3, 0.4) is 0 Å². The van der Waals surface area contributed by atoms with E-state index in [2.05, 4.69) is 0 Å². The van der Waals surface area contributed by atoms with Gasteiger partial charge in [-0.05, 0) is 24.2 Å². The zero-order chi connectivity index (χ0) is 12.9. The van der Waals surface area contributed by atoms with Crippen molar-refractivity contribution in [1.82, 2.24) is 0 Å². The minimum Gasteiger partial charge on any atom is -0.481 e. The normalized spacial score (nSPS) is 15.2. The molecule has 0 radical (unpaired) electrons. The summed E-state index contributed by atoms with van der Waals surface area (Å²) in [6, 6.07) is 0. The number of hydrogen-bond donors (Lipinski definition) is 2. The third-order valence-electron chi connectivity index (χ3n) is 2.66. The van der Waals surface area contributed by atoms with E-state index >= 15 is 0 Å². The molecule has 0 saturated heterocycles. The van der Waals surface area contributed by atoms with E-state index in [0.717, 1.165) is 6.42 Å². The van der Waals surface area contributed by atoms with Crippen LogP contribution in [0.15, 0.2) is 0 Å². The van der Waals surface area contributed by atoms with Gasteiger partial charge < -0.3 is 10.2 Å². The molecule has 0 aliphatic rings. The van der Waals surface area contributed by atoms with Gasteiger partial charge in [0.05, 0.1) is 0 Å².